The average molecular weight is 362 g/mol. The molecule has 3 N–H and O–H groups in total. The number of rotatable bonds is 13. The van der Waals surface area contributed by atoms with Crippen LogP contribution in [0.15, 0.2) is 28.4 Å². The summed E-state index contributed by atoms with van der Waals surface area (Å²) < 4.78 is 10.5. The van der Waals surface area contributed by atoms with Crippen LogP contribution in [-0.4, -0.2) is 45.4 Å². The summed E-state index contributed by atoms with van der Waals surface area (Å²) in [6.45, 7) is 2.65. The molecule has 0 atom stereocenters. The maximum absolute atomic E-state index is 12.4. The van der Waals surface area contributed by atoms with Crippen LogP contribution in [-0.2, 0) is 22.6 Å². The number of ether oxygens (including phenoxy) is 2. The van der Waals surface area contributed by atoms with Gasteiger partial charge >= 0.3 is 0 Å². The molecule has 1 amide bonds. The number of carbonyl (C=O) groups is 1. The van der Waals surface area contributed by atoms with Crippen LogP contribution in [0.5, 0.6) is 0 Å². The molecule has 0 aliphatic heterocycles. The number of nitrogens with zero attached hydrogens (tertiary/aromatic N) is 6. The zero-order valence-corrected chi connectivity index (χ0v) is 14.4. The quantitative estimate of drug-likeness (QED) is 0.237. The predicted molar refractivity (Wildman–Crippen MR) is 95.2 cm³/mol. The Labute approximate surface area is 150 Å². The maximum Gasteiger partial charge on any atom is 0.251 e. The van der Waals surface area contributed by atoms with E-state index in [1.54, 1.807) is 18.2 Å². The third-order valence-electron chi connectivity index (χ3n) is 3.21. The minimum absolute atomic E-state index is 0.0516. The molecule has 0 radical (unpaired) electrons. The second-order valence-electron chi connectivity index (χ2n) is 5.04. The standard InChI is InChI=1S/C15H22N8O3/c16-3-5-25-7-8-26-6-4-19-15(24)14-9-12(10-20-22-17)1-2-13(14)11-21-23-18/h1-2,9H,3-8,10-11,16H2,(H,19,24). The van der Waals surface area contributed by atoms with Crippen LogP contribution >= 0.6 is 0 Å². The zero-order valence-electron chi connectivity index (χ0n) is 14.4. The van der Waals surface area contributed by atoms with Gasteiger partial charge in [-0.25, -0.2) is 0 Å². The van der Waals surface area contributed by atoms with Gasteiger partial charge in [0, 0.05) is 28.5 Å². The molecule has 0 unspecified atom stereocenters. The van der Waals surface area contributed by atoms with E-state index >= 15 is 0 Å². The fraction of sp³-hybridized carbons (Fsp3) is 0.533. The van der Waals surface area contributed by atoms with Crippen molar-refractivity contribution < 1.29 is 14.3 Å². The first-order valence-electron chi connectivity index (χ1n) is 8.00. The fourth-order valence-electron chi connectivity index (χ4n) is 2.03. The number of amides is 1. The van der Waals surface area contributed by atoms with Gasteiger partial charge in [0.25, 0.3) is 5.91 Å². The van der Waals surface area contributed by atoms with Crippen LogP contribution in [0.1, 0.15) is 21.5 Å². The Hall–Kier alpha value is -2.81. The molecule has 1 aromatic rings. The van der Waals surface area contributed by atoms with E-state index in [2.05, 4.69) is 25.4 Å². The third-order valence-corrected chi connectivity index (χ3v) is 3.21. The first-order chi connectivity index (χ1) is 12.7. The third kappa shape index (κ3) is 8.34. The number of hydrogen-bond donors (Lipinski definition) is 2. The lowest BCUT2D eigenvalue weighted by atomic mass is 10.0. The molecular formula is C15H22N8O3. The summed E-state index contributed by atoms with van der Waals surface area (Å²) in [5, 5.41) is 9.71. The normalized spacial score (nSPS) is 9.88. The van der Waals surface area contributed by atoms with Crippen LogP contribution in [0.4, 0.5) is 0 Å². The number of nitrogens with one attached hydrogen (secondary N) is 1. The number of carbonyl (C=O) groups excluding carboxylic acids is 1. The van der Waals surface area contributed by atoms with Gasteiger partial charge in [0.2, 0.25) is 0 Å². The first-order valence-corrected chi connectivity index (χ1v) is 8.00. The number of nitrogens with two attached hydrogens (primary N) is 1. The number of hydrogen-bond acceptors (Lipinski definition) is 6. The van der Waals surface area contributed by atoms with Crippen molar-refractivity contribution in [1.29, 1.82) is 0 Å². The minimum Gasteiger partial charge on any atom is -0.378 e. The molecule has 0 aromatic heterocycles. The lowest BCUT2D eigenvalue weighted by molar-refractivity contribution is 0.0511. The van der Waals surface area contributed by atoms with Gasteiger partial charge in [-0.05, 0) is 28.3 Å². The summed E-state index contributed by atoms with van der Waals surface area (Å²) in [6, 6.07) is 5.02. The van der Waals surface area contributed by atoms with Gasteiger partial charge in [-0.2, -0.15) is 0 Å². The SMILES string of the molecule is [N-]=[N+]=NCc1ccc(CN=[N+]=[N-])c(C(=O)NCCOCCOCCN)c1. The van der Waals surface area contributed by atoms with Crippen LogP contribution < -0.4 is 11.1 Å². The first kappa shape index (κ1) is 21.2. The largest absolute Gasteiger partial charge is 0.378 e. The smallest absolute Gasteiger partial charge is 0.251 e. The summed E-state index contributed by atoms with van der Waals surface area (Å²) in [7, 11) is 0. The van der Waals surface area contributed by atoms with E-state index in [1.807, 2.05) is 0 Å². The van der Waals surface area contributed by atoms with Crippen molar-refractivity contribution in [1.82, 2.24) is 5.32 Å². The molecule has 0 saturated carbocycles. The minimum atomic E-state index is -0.320. The van der Waals surface area contributed by atoms with Crippen LogP contribution in [0, 0.1) is 0 Å². The molecule has 1 rings (SSSR count). The summed E-state index contributed by atoms with van der Waals surface area (Å²) in [5.74, 6) is -0.320. The van der Waals surface area contributed by atoms with Crippen molar-refractivity contribution in [2.45, 2.75) is 13.1 Å². The van der Waals surface area contributed by atoms with Gasteiger partial charge in [0.15, 0.2) is 0 Å². The van der Waals surface area contributed by atoms with E-state index in [0.717, 1.165) is 0 Å². The second-order valence-corrected chi connectivity index (χ2v) is 5.04. The van der Waals surface area contributed by atoms with Crippen molar-refractivity contribution >= 4 is 5.91 Å². The van der Waals surface area contributed by atoms with Crippen molar-refractivity contribution in [3.8, 4) is 0 Å². The van der Waals surface area contributed by atoms with Crippen LogP contribution in [0.2, 0.25) is 0 Å². The van der Waals surface area contributed by atoms with Crippen molar-refractivity contribution in [2.75, 3.05) is 39.5 Å². The molecule has 26 heavy (non-hydrogen) atoms. The summed E-state index contributed by atoms with van der Waals surface area (Å²) in [5.41, 5.74) is 23.8. The fourth-order valence-corrected chi connectivity index (χ4v) is 2.03. The molecule has 0 spiro atoms. The molecule has 0 aliphatic rings. The molecule has 0 heterocycles. The lowest BCUT2D eigenvalue weighted by Crippen LogP contribution is -2.28. The highest BCUT2D eigenvalue weighted by Gasteiger charge is 2.11. The molecule has 11 heteroatoms. The maximum atomic E-state index is 12.4. The molecule has 1 aromatic carbocycles. The Morgan fingerprint density at radius 3 is 2.46 bits per heavy atom. The molecule has 0 aliphatic carbocycles. The molecule has 0 fully saturated rings. The second kappa shape index (κ2) is 13.5. The van der Waals surface area contributed by atoms with Gasteiger partial charge < -0.3 is 20.5 Å². The van der Waals surface area contributed by atoms with Crippen molar-refractivity contribution in [3.63, 3.8) is 0 Å². The molecule has 0 bridgehead atoms. The highest BCUT2D eigenvalue weighted by atomic mass is 16.5. The van der Waals surface area contributed by atoms with Gasteiger partial charge in [-0.15, -0.1) is 0 Å². The Balaban J connectivity index is 2.58. The Kier molecular flexibility index (Phi) is 11.0. The summed E-state index contributed by atoms with van der Waals surface area (Å²) >= 11 is 0. The van der Waals surface area contributed by atoms with Gasteiger partial charge in [-0.3, -0.25) is 4.79 Å². The lowest BCUT2D eigenvalue weighted by Gasteiger charge is -2.11. The van der Waals surface area contributed by atoms with E-state index in [4.69, 9.17) is 26.3 Å². The predicted octanol–water partition coefficient (Wildman–Crippen LogP) is 2.03. The molecular weight excluding hydrogens is 340 g/mol. The highest BCUT2D eigenvalue weighted by Crippen LogP contribution is 2.15. The molecule has 140 valence electrons. The summed E-state index contributed by atoms with van der Waals surface area (Å²) in [6.07, 6.45) is 0. The van der Waals surface area contributed by atoms with E-state index in [-0.39, 0.29) is 19.0 Å². The van der Waals surface area contributed by atoms with Gasteiger partial charge in [0.05, 0.1) is 39.5 Å². The summed E-state index contributed by atoms with van der Waals surface area (Å²) in [4.78, 5) is 17.8. The zero-order chi connectivity index (χ0) is 19.0. The molecule has 0 saturated heterocycles. The van der Waals surface area contributed by atoms with E-state index in [0.29, 0.717) is 56.2 Å². The monoisotopic (exact) mass is 362 g/mol. The number of azide groups is 2. The average Bonchev–Trinajstić information content (AvgIpc) is 2.66. The highest BCUT2D eigenvalue weighted by molar-refractivity contribution is 5.95. The topological polar surface area (TPSA) is 171 Å². The Morgan fingerprint density at radius 2 is 1.77 bits per heavy atom. The Morgan fingerprint density at radius 1 is 1.08 bits per heavy atom. The van der Waals surface area contributed by atoms with E-state index < -0.39 is 0 Å². The van der Waals surface area contributed by atoms with Gasteiger partial charge in [-0.1, -0.05) is 22.4 Å². The molecule has 11 nitrogen and oxygen atoms in total. The Bertz CT molecular complexity index is 669. The van der Waals surface area contributed by atoms with Crippen molar-refractivity contribution in [3.05, 3.63) is 55.8 Å². The van der Waals surface area contributed by atoms with Crippen LogP contribution in [0.3, 0.4) is 0 Å². The van der Waals surface area contributed by atoms with E-state index in [1.165, 1.54) is 0 Å². The van der Waals surface area contributed by atoms with E-state index in [9.17, 15) is 4.79 Å². The van der Waals surface area contributed by atoms with Crippen LogP contribution in [0.25, 0.3) is 20.9 Å². The number of benzene rings is 1. The van der Waals surface area contributed by atoms with Crippen molar-refractivity contribution in [2.24, 2.45) is 16.0 Å². The van der Waals surface area contributed by atoms with Gasteiger partial charge in [0.1, 0.15) is 0 Å².